The number of carbonyl (C=O) groups is 1. The number of para-hydroxylation sites is 1. The van der Waals surface area contributed by atoms with Crippen LogP contribution in [-0.2, 0) is 16.1 Å². The minimum absolute atomic E-state index is 0.00356. The van der Waals surface area contributed by atoms with Gasteiger partial charge in [0.25, 0.3) is 0 Å². The molecule has 28 heavy (non-hydrogen) atoms. The number of likely N-dealkylation sites (tertiary alicyclic amines) is 1. The molecule has 5 nitrogen and oxygen atoms in total. The van der Waals surface area contributed by atoms with Gasteiger partial charge in [0, 0.05) is 44.0 Å². The SMILES string of the molecule is COc1ccc(CN2C[C@@H](C(=O)Nc3ccccc3)C3(CCOCC3)C2)cc1. The molecule has 1 amide bonds. The van der Waals surface area contributed by atoms with Gasteiger partial charge in [0.05, 0.1) is 13.0 Å². The molecule has 2 aromatic rings. The molecule has 1 N–H and O–H groups in total. The van der Waals surface area contributed by atoms with Crippen molar-refractivity contribution >= 4 is 11.6 Å². The number of amides is 1. The van der Waals surface area contributed by atoms with Crippen LogP contribution in [-0.4, -0.2) is 44.2 Å². The summed E-state index contributed by atoms with van der Waals surface area (Å²) < 4.78 is 10.9. The van der Waals surface area contributed by atoms with Gasteiger partial charge in [0.1, 0.15) is 5.75 Å². The average molecular weight is 380 g/mol. The number of hydrogen-bond acceptors (Lipinski definition) is 4. The summed E-state index contributed by atoms with van der Waals surface area (Å²) in [4.78, 5) is 15.6. The predicted molar refractivity (Wildman–Crippen MR) is 109 cm³/mol. The van der Waals surface area contributed by atoms with Crippen molar-refractivity contribution in [1.82, 2.24) is 4.90 Å². The van der Waals surface area contributed by atoms with E-state index in [4.69, 9.17) is 9.47 Å². The second kappa shape index (κ2) is 8.33. The standard InChI is InChI=1S/C23H28N2O3/c1-27-20-9-7-18(8-10-20)15-25-16-21(23(17-25)11-13-28-14-12-23)22(26)24-19-5-3-2-4-6-19/h2-10,21H,11-17H2,1H3,(H,24,26)/t21-/m0/s1. The molecule has 2 fully saturated rings. The molecule has 0 unspecified atom stereocenters. The first-order chi connectivity index (χ1) is 13.7. The first-order valence-corrected chi connectivity index (χ1v) is 9.97. The zero-order valence-electron chi connectivity index (χ0n) is 16.4. The number of hydrogen-bond donors (Lipinski definition) is 1. The van der Waals surface area contributed by atoms with Gasteiger partial charge in [-0.3, -0.25) is 9.69 Å². The van der Waals surface area contributed by atoms with E-state index in [0.717, 1.165) is 57.1 Å². The first kappa shape index (κ1) is 19.0. The maximum Gasteiger partial charge on any atom is 0.229 e. The van der Waals surface area contributed by atoms with E-state index in [1.165, 1.54) is 5.56 Å². The molecule has 1 atom stereocenters. The van der Waals surface area contributed by atoms with Crippen molar-refractivity contribution in [2.45, 2.75) is 19.4 Å². The van der Waals surface area contributed by atoms with Crippen LogP contribution in [0.2, 0.25) is 0 Å². The zero-order valence-corrected chi connectivity index (χ0v) is 16.4. The second-order valence-electron chi connectivity index (χ2n) is 7.90. The molecule has 1 spiro atoms. The van der Waals surface area contributed by atoms with Gasteiger partial charge in [-0.05, 0) is 42.7 Å². The molecular formula is C23H28N2O3. The van der Waals surface area contributed by atoms with Crippen molar-refractivity contribution < 1.29 is 14.3 Å². The molecule has 2 aromatic carbocycles. The average Bonchev–Trinajstić information content (AvgIpc) is 3.07. The Bertz CT molecular complexity index is 785. The highest BCUT2D eigenvalue weighted by atomic mass is 16.5. The van der Waals surface area contributed by atoms with E-state index < -0.39 is 0 Å². The Kier molecular flexibility index (Phi) is 5.64. The van der Waals surface area contributed by atoms with Gasteiger partial charge < -0.3 is 14.8 Å². The van der Waals surface area contributed by atoms with Crippen molar-refractivity contribution in [3.8, 4) is 5.75 Å². The summed E-state index contributed by atoms with van der Waals surface area (Å²) in [7, 11) is 1.68. The lowest BCUT2D eigenvalue weighted by molar-refractivity contribution is -0.124. The molecule has 4 rings (SSSR count). The number of carbonyl (C=O) groups excluding carboxylic acids is 1. The van der Waals surface area contributed by atoms with Gasteiger partial charge in [-0.15, -0.1) is 0 Å². The fourth-order valence-corrected chi connectivity index (χ4v) is 4.58. The van der Waals surface area contributed by atoms with Crippen LogP contribution < -0.4 is 10.1 Å². The van der Waals surface area contributed by atoms with E-state index in [-0.39, 0.29) is 17.2 Å². The van der Waals surface area contributed by atoms with Crippen molar-refractivity contribution in [3.63, 3.8) is 0 Å². The fraction of sp³-hybridized carbons (Fsp3) is 0.435. The normalized spacial score (nSPS) is 21.5. The van der Waals surface area contributed by atoms with Crippen LogP contribution >= 0.6 is 0 Å². The summed E-state index contributed by atoms with van der Waals surface area (Å²) in [5, 5.41) is 3.13. The molecule has 0 radical (unpaired) electrons. The highest BCUT2D eigenvalue weighted by molar-refractivity contribution is 5.93. The Labute approximate surface area is 166 Å². The largest absolute Gasteiger partial charge is 0.497 e. The zero-order chi connectivity index (χ0) is 19.4. The molecular weight excluding hydrogens is 352 g/mol. The molecule has 148 valence electrons. The van der Waals surface area contributed by atoms with E-state index in [1.807, 2.05) is 42.5 Å². The Morgan fingerprint density at radius 2 is 1.86 bits per heavy atom. The number of methoxy groups -OCH3 is 1. The van der Waals surface area contributed by atoms with Crippen LogP contribution in [0.4, 0.5) is 5.69 Å². The fourth-order valence-electron chi connectivity index (χ4n) is 4.58. The molecule has 0 aromatic heterocycles. The molecule has 2 aliphatic rings. The summed E-state index contributed by atoms with van der Waals surface area (Å²) in [6.45, 7) is 4.05. The molecule has 2 aliphatic heterocycles. The summed E-state index contributed by atoms with van der Waals surface area (Å²) >= 11 is 0. The monoisotopic (exact) mass is 380 g/mol. The van der Waals surface area contributed by atoms with Crippen LogP contribution in [0.15, 0.2) is 54.6 Å². The smallest absolute Gasteiger partial charge is 0.229 e. The second-order valence-corrected chi connectivity index (χ2v) is 7.90. The lowest BCUT2D eigenvalue weighted by Crippen LogP contribution is -2.42. The predicted octanol–water partition coefficient (Wildman–Crippen LogP) is 3.56. The number of anilines is 1. The minimum atomic E-state index is -0.0187. The minimum Gasteiger partial charge on any atom is -0.497 e. The topological polar surface area (TPSA) is 50.8 Å². The van der Waals surface area contributed by atoms with Gasteiger partial charge in [-0.25, -0.2) is 0 Å². The van der Waals surface area contributed by atoms with Crippen molar-refractivity contribution in [3.05, 3.63) is 60.2 Å². The summed E-state index contributed by atoms with van der Waals surface area (Å²) in [5.41, 5.74) is 2.11. The van der Waals surface area contributed by atoms with E-state index in [1.54, 1.807) is 7.11 Å². The Morgan fingerprint density at radius 3 is 2.54 bits per heavy atom. The number of rotatable bonds is 5. The summed E-state index contributed by atoms with van der Waals surface area (Å²) in [6.07, 6.45) is 1.89. The van der Waals surface area contributed by atoms with Crippen LogP contribution in [0.3, 0.4) is 0 Å². The van der Waals surface area contributed by atoms with Crippen molar-refractivity contribution in [1.29, 1.82) is 0 Å². The third kappa shape index (κ3) is 4.05. The van der Waals surface area contributed by atoms with Gasteiger partial charge in [0.15, 0.2) is 0 Å². The molecule has 2 saturated heterocycles. The van der Waals surface area contributed by atoms with Crippen LogP contribution in [0.5, 0.6) is 5.75 Å². The third-order valence-electron chi connectivity index (χ3n) is 6.13. The molecule has 2 heterocycles. The summed E-state index contributed by atoms with van der Waals surface area (Å²) in [6, 6.07) is 17.9. The highest BCUT2D eigenvalue weighted by Gasteiger charge is 2.50. The van der Waals surface area contributed by atoms with Crippen LogP contribution in [0, 0.1) is 11.3 Å². The maximum atomic E-state index is 13.2. The van der Waals surface area contributed by atoms with E-state index in [2.05, 4.69) is 22.3 Å². The van der Waals surface area contributed by atoms with Gasteiger partial charge in [-0.1, -0.05) is 30.3 Å². The summed E-state index contributed by atoms with van der Waals surface area (Å²) in [5.74, 6) is 0.978. The highest BCUT2D eigenvalue weighted by Crippen LogP contribution is 2.45. The van der Waals surface area contributed by atoms with Crippen LogP contribution in [0.1, 0.15) is 18.4 Å². The quantitative estimate of drug-likeness (QED) is 0.862. The van der Waals surface area contributed by atoms with Crippen molar-refractivity contribution in [2.24, 2.45) is 11.3 Å². The Balaban J connectivity index is 1.49. The molecule has 0 aliphatic carbocycles. The number of nitrogens with one attached hydrogen (secondary N) is 1. The molecule has 5 heteroatoms. The Morgan fingerprint density at radius 1 is 1.14 bits per heavy atom. The number of ether oxygens (including phenoxy) is 2. The Hall–Kier alpha value is -2.37. The third-order valence-corrected chi connectivity index (χ3v) is 6.13. The molecule has 0 bridgehead atoms. The van der Waals surface area contributed by atoms with Gasteiger partial charge in [-0.2, -0.15) is 0 Å². The molecule has 0 saturated carbocycles. The van der Waals surface area contributed by atoms with E-state index in [0.29, 0.717) is 0 Å². The lowest BCUT2D eigenvalue weighted by atomic mass is 9.71. The van der Waals surface area contributed by atoms with Crippen molar-refractivity contribution in [2.75, 3.05) is 38.7 Å². The van der Waals surface area contributed by atoms with Gasteiger partial charge in [0.2, 0.25) is 5.91 Å². The number of benzene rings is 2. The van der Waals surface area contributed by atoms with E-state index >= 15 is 0 Å². The van der Waals surface area contributed by atoms with Gasteiger partial charge >= 0.3 is 0 Å². The van der Waals surface area contributed by atoms with Crippen LogP contribution in [0.25, 0.3) is 0 Å². The first-order valence-electron chi connectivity index (χ1n) is 9.97. The van der Waals surface area contributed by atoms with E-state index in [9.17, 15) is 4.79 Å². The lowest BCUT2D eigenvalue weighted by Gasteiger charge is -2.37. The maximum absolute atomic E-state index is 13.2. The number of nitrogens with zero attached hydrogens (tertiary/aromatic N) is 1.